The van der Waals surface area contributed by atoms with Crippen LogP contribution in [0, 0.1) is 0 Å². The molecular formula is C42H28. The molecule has 0 radical (unpaired) electrons. The summed E-state index contributed by atoms with van der Waals surface area (Å²) in [6.45, 7) is 0. The summed E-state index contributed by atoms with van der Waals surface area (Å²) in [6, 6.07) is 61.8. The molecule has 0 spiro atoms. The fourth-order valence-corrected chi connectivity index (χ4v) is 6.50. The second-order valence-electron chi connectivity index (χ2n) is 10.9. The van der Waals surface area contributed by atoms with Crippen LogP contribution >= 0.6 is 0 Å². The Kier molecular flexibility index (Phi) is 5.90. The topological polar surface area (TPSA) is 0 Å². The van der Waals surface area contributed by atoms with E-state index in [9.17, 15) is 0 Å². The van der Waals surface area contributed by atoms with Crippen LogP contribution in [0.4, 0.5) is 0 Å². The van der Waals surface area contributed by atoms with Gasteiger partial charge in [-0.2, -0.15) is 0 Å². The molecule has 196 valence electrons. The largest absolute Gasteiger partial charge is 0.0622 e. The summed E-state index contributed by atoms with van der Waals surface area (Å²) in [7, 11) is 0. The van der Waals surface area contributed by atoms with Gasteiger partial charge in [-0.25, -0.2) is 0 Å². The third-order valence-electron chi connectivity index (χ3n) is 8.45. The van der Waals surface area contributed by atoms with Crippen molar-refractivity contribution in [2.24, 2.45) is 0 Å². The van der Waals surface area contributed by atoms with Crippen LogP contribution in [-0.2, 0) is 0 Å². The van der Waals surface area contributed by atoms with E-state index in [-0.39, 0.29) is 0 Å². The Bertz CT molecular complexity index is 2170. The van der Waals surface area contributed by atoms with Crippen LogP contribution in [0.1, 0.15) is 0 Å². The normalized spacial score (nSPS) is 11.3. The average Bonchev–Trinajstić information content (AvgIpc) is 3.07. The van der Waals surface area contributed by atoms with Gasteiger partial charge in [0.1, 0.15) is 0 Å². The van der Waals surface area contributed by atoms with E-state index in [2.05, 4.69) is 170 Å². The van der Waals surface area contributed by atoms with Crippen molar-refractivity contribution in [1.29, 1.82) is 0 Å². The summed E-state index contributed by atoms with van der Waals surface area (Å²) < 4.78 is 0. The highest BCUT2D eigenvalue weighted by Gasteiger charge is 2.19. The molecule has 0 bridgehead atoms. The fourth-order valence-electron chi connectivity index (χ4n) is 6.50. The van der Waals surface area contributed by atoms with Crippen molar-refractivity contribution in [2.75, 3.05) is 0 Å². The minimum Gasteiger partial charge on any atom is -0.0622 e. The van der Waals surface area contributed by atoms with Crippen molar-refractivity contribution in [3.05, 3.63) is 170 Å². The van der Waals surface area contributed by atoms with Crippen LogP contribution in [0.5, 0.6) is 0 Å². The zero-order valence-corrected chi connectivity index (χ0v) is 23.2. The molecule has 8 aromatic rings. The first-order chi connectivity index (χ1) is 20.8. The summed E-state index contributed by atoms with van der Waals surface area (Å²) in [5.74, 6) is 0. The molecule has 8 rings (SSSR count). The first kappa shape index (κ1) is 24.3. The lowest BCUT2D eigenvalue weighted by molar-refractivity contribution is 1.59. The van der Waals surface area contributed by atoms with E-state index in [0.717, 1.165) is 0 Å². The van der Waals surface area contributed by atoms with Gasteiger partial charge in [0.05, 0.1) is 0 Å². The van der Waals surface area contributed by atoms with Crippen LogP contribution in [0.15, 0.2) is 170 Å². The Hall–Kier alpha value is -5.46. The van der Waals surface area contributed by atoms with E-state index in [4.69, 9.17) is 0 Å². The molecule has 42 heavy (non-hydrogen) atoms. The predicted octanol–water partition coefficient (Wildman–Crippen LogP) is 11.8. The molecule has 0 unspecified atom stereocenters. The zero-order chi connectivity index (χ0) is 27.9. The third-order valence-corrected chi connectivity index (χ3v) is 8.45. The molecule has 0 aromatic heterocycles. The van der Waals surface area contributed by atoms with Gasteiger partial charge in [0.15, 0.2) is 0 Å². The maximum absolute atomic E-state index is 2.41. The average molecular weight is 533 g/mol. The van der Waals surface area contributed by atoms with Gasteiger partial charge in [-0.05, 0) is 89.0 Å². The highest BCUT2D eigenvalue weighted by Crippen LogP contribution is 2.47. The highest BCUT2D eigenvalue weighted by atomic mass is 14.2. The van der Waals surface area contributed by atoms with Crippen molar-refractivity contribution in [3.8, 4) is 44.5 Å². The summed E-state index contributed by atoms with van der Waals surface area (Å²) in [5, 5.41) is 7.59. The summed E-state index contributed by atoms with van der Waals surface area (Å²) >= 11 is 0. The van der Waals surface area contributed by atoms with E-state index in [0.29, 0.717) is 0 Å². The second-order valence-corrected chi connectivity index (χ2v) is 10.9. The van der Waals surface area contributed by atoms with Crippen molar-refractivity contribution in [1.82, 2.24) is 0 Å². The lowest BCUT2D eigenvalue weighted by atomic mass is 9.83. The van der Waals surface area contributed by atoms with E-state index >= 15 is 0 Å². The van der Waals surface area contributed by atoms with Crippen molar-refractivity contribution < 1.29 is 0 Å². The number of hydrogen-bond donors (Lipinski definition) is 0. The monoisotopic (exact) mass is 532 g/mol. The van der Waals surface area contributed by atoms with Crippen LogP contribution in [-0.4, -0.2) is 0 Å². The molecule has 0 aliphatic rings. The molecule has 0 saturated carbocycles. The van der Waals surface area contributed by atoms with Crippen molar-refractivity contribution in [3.63, 3.8) is 0 Å². The number of benzene rings is 8. The molecule has 0 nitrogen and oxygen atoms in total. The molecule has 0 heterocycles. The van der Waals surface area contributed by atoms with Gasteiger partial charge in [0.2, 0.25) is 0 Å². The lowest BCUT2D eigenvalue weighted by Crippen LogP contribution is -1.93. The van der Waals surface area contributed by atoms with Crippen LogP contribution < -0.4 is 0 Å². The highest BCUT2D eigenvalue weighted by molar-refractivity contribution is 6.22. The first-order valence-corrected chi connectivity index (χ1v) is 14.5. The molecule has 0 fully saturated rings. The van der Waals surface area contributed by atoms with Crippen molar-refractivity contribution in [2.45, 2.75) is 0 Å². The first-order valence-electron chi connectivity index (χ1n) is 14.5. The Labute approximate surface area is 246 Å². The van der Waals surface area contributed by atoms with Gasteiger partial charge >= 0.3 is 0 Å². The molecule has 0 saturated heterocycles. The number of rotatable bonds is 4. The summed E-state index contributed by atoms with van der Waals surface area (Å²) in [5.41, 5.74) is 9.96. The molecule has 0 heteroatoms. The SMILES string of the molecule is c1ccc(-c2ccc(-c3ccc4ccccc4c3)cc2-c2c3ccccc3c(-c3ccccc3)c3ccccc23)cc1. The Morgan fingerprint density at radius 3 is 1.36 bits per heavy atom. The predicted molar refractivity (Wildman–Crippen MR) is 181 cm³/mol. The lowest BCUT2D eigenvalue weighted by Gasteiger charge is -2.20. The van der Waals surface area contributed by atoms with Gasteiger partial charge in [0.25, 0.3) is 0 Å². The van der Waals surface area contributed by atoms with Gasteiger partial charge in [0, 0.05) is 0 Å². The van der Waals surface area contributed by atoms with Crippen LogP contribution in [0.2, 0.25) is 0 Å². The number of fused-ring (bicyclic) bond motifs is 3. The molecule has 0 aliphatic heterocycles. The minimum atomic E-state index is 1.22. The smallest absolute Gasteiger partial charge is 0.00199 e. The maximum Gasteiger partial charge on any atom is -0.00199 e. The molecule has 0 N–H and O–H groups in total. The molecule has 0 atom stereocenters. The molecule has 0 amide bonds. The van der Waals surface area contributed by atoms with E-state index in [1.165, 1.54) is 76.8 Å². The molecule has 0 aliphatic carbocycles. The summed E-state index contributed by atoms with van der Waals surface area (Å²) in [6.07, 6.45) is 0. The maximum atomic E-state index is 2.41. The van der Waals surface area contributed by atoms with Crippen LogP contribution in [0.3, 0.4) is 0 Å². The zero-order valence-electron chi connectivity index (χ0n) is 23.2. The molecular weight excluding hydrogens is 504 g/mol. The van der Waals surface area contributed by atoms with Gasteiger partial charge in [-0.15, -0.1) is 0 Å². The minimum absolute atomic E-state index is 1.22. The fraction of sp³-hybridized carbons (Fsp3) is 0. The second kappa shape index (κ2) is 10.2. The number of hydrogen-bond acceptors (Lipinski definition) is 0. The van der Waals surface area contributed by atoms with Gasteiger partial charge in [-0.1, -0.05) is 158 Å². The van der Waals surface area contributed by atoms with Crippen LogP contribution in [0.25, 0.3) is 76.8 Å². The standard InChI is InChI=1S/C42H28/c1-3-14-30(15-4-1)35-26-25-34(33-24-23-29-13-7-8-18-32(29)27-33)28-40(35)42-38-21-11-9-19-36(38)41(31-16-5-2-6-17-31)37-20-10-12-22-39(37)42/h1-28H. The van der Waals surface area contributed by atoms with Crippen molar-refractivity contribution >= 4 is 32.3 Å². The van der Waals surface area contributed by atoms with E-state index < -0.39 is 0 Å². The quantitative estimate of drug-likeness (QED) is 0.198. The Morgan fingerprint density at radius 2 is 0.714 bits per heavy atom. The van der Waals surface area contributed by atoms with Gasteiger partial charge < -0.3 is 0 Å². The third kappa shape index (κ3) is 4.08. The Morgan fingerprint density at radius 1 is 0.238 bits per heavy atom. The van der Waals surface area contributed by atoms with E-state index in [1.807, 2.05) is 0 Å². The Balaban J connectivity index is 1.48. The van der Waals surface area contributed by atoms with Gasteiger partial charge in [-0.3, -0.25) is 0 Å². The molecule has 8 aromatic carbocycles. The van der Waals surface area contributed by atoms with E-state index in [1.54, 1.807) is 0 Å². The summed E-state index contributed by atoms with van der Waals surface area (Å²) in [4.78, 5) is 0.